The highest BCUT2D eigenvalue weighted by Gasteiger charge is 2.05. The van der Waals surface area contributed by atoms with Gasteiger partial charge < -0.3 is 0 Å². The predicted octanol–water partition coefficient (Wildman–Crippen LogP) is 4.21. The highest BCUT2D eigenvalue weighted by molar-refractivity contribution is 7.92. The maximum atomic E-state index is 12.0. The Morgan fingerprint density at radius 1 is 1.00 bits per heavy atom. The minimum absolute atomic E-state index is 0.291. The quantitative estimate of drug-likeness (QED) is 0.863. The molecule has 4 heteroatoms. The van der Waals surface area contributed by atoms with Crippen LogP contribution in [-0.4, -0.2) is 8.42 Å². The Morgan fingerprint density at radius 3 is 2.17 bits per heavy atom. The zero-order chi connectivity index (χ0) is 16.9. The molecule has 2 aromatic rings. The summed E-state index contributed by atoms with van der Waals surface area (Å²) in [5, 5.41) is 1.21. The molecule has 122 valence electrons. The molecule has 2 rings (SSSR count). The second-order valence-electron chi connectivity index (χ2n) is 5.98. The molecule has 0 bridgehead atoms. The Morgan fingerprint density at radius 2 is 1.61 bits per heavy atom. The van der Waals surface area contributed by atoms with Crippen LogP contribution in [0.5, 0.6) is 0 Å². The van der Waals surface area contributed by atoms with Crippen molar-refractivity contribution >= 4 is 16.1 Å². The topological polar surface area (TPSA) is 46.2 Å². The third-order valence-electron chi connectivity index (χ3n) is 3.64. The van der Waals surface area contributed by atoms with E-state index >= 15 is 0 Å². The first-order chi connectivity index (χ1) is 10.9. The van der Waals surface area contributed by atoms with E-state index in [1.807, 2.05) is 55.5 Å². The Kier molecular flexibility index (Phi) is 5.74. The maximum Gasteiger partial charge on any atom is 0.234 e. The standard InChI is InChI=1S/C19H23NO2S/c1-15(2)19-10-8-17(9-11-19)12-13-23(21,22)20-14-18-6-4-16(3)5-7-18/h4-13,15,20H,14H2,1-3H3. The highest BCUT2D eigenvalue weighted by atomic mass is 32.2. The molecule has 23 heavy (non-hydrogen) atoms. The van der Waals surface area contributed by atoms with Gasteiger partial charge in [0.05, 0.1) is 0 Å². The van der Waals surface area contributed by atoms with Gasteiger partial charge in [-0.2, -0.15) is 0 Å². The summed E-state index contributed by atoms with van der Waals surface area (Å²) in [6.45, 7) is 6.55. The van der Waals surface area contributed by atoms with Crippen LogP contribution in [0.25, 0.3) is 6.08 Å². The van der Waals surface area contributed by atoms with E-state index in [4.69, 9.17) is 0 Å². The van der Waals surface area contributed by atoms with Crippen molar-refractivity contribution in [1.82, 2.24) is 4.72 Å². The molecule has 0 unspecified atom stereocenters. The number of rotatable bonds is 6. The zero-order valence-corrected chi connectivity index (χ0v) is 14.6. The summed E-state index contributed by atoms with van der Waals surface area (Å²) in [5.74, 6) is 0.466. The molecule has 1 N–H and O–H groups in total. The van der Waals surface area contributed by atoms with Crippen molar-refractivity contribution in [2.75, 3.05) is 0 Å². The number of sulfonamides is 1. The van der Waals surface area contributed by atoms with E-state index in [2.05, 4.69) is 18.6 Å². The van der Waals surface area contributed by atoms with Gasteiger partial charge in [-0.25, -0.2) is 13.1 Å². The lowest BCUT2D eigenvalue weighted by Gasteiger charge is -2.05. The van der Waals surface area contributed by atoms with Gasteiger partial charge in [-0.3, -0.25) is 0 Å². The average molecular weight is 329 g/mol. The van der Waals surface area contributed by atoms with E-state index in [9.17, 15) is 8.42 Å². The van der Waals surface area contributed by atoms with Crippen LogP contribution in [0.4, 0.5) is 0 Å². The third kappa shape index (κ3) is 5.66. The van der Waals surface area contributed by atoms with E-state index in [1.54, 1.807) is 6.08 Å². The number of hydrogen-bond acceptors (Lipinski definition) is 2. The van der Waals surface area contributed by atoms with Crippen molar-refractivity contribution in [3.8, 4) is 0 Å². The molecule has 2 aromatic carbocycles. The Bertz CT molecular complexity index is 758. The second-order valence-corrected chi connectivity index (χ2v) is 7.63. The van der Waals surface area contributed by atoms with E-state index in [0.29, 0.717) is 12.5 Å². The SMILES string of the molecule is Cc1ccc(CNS(=O)(=O)C=Cc2ccc(C(C)C)cc2)cc1. The van der Waals surface area contributed by atoms with Crippen LogP contribution in [0.3, 0.4) is 0 Å². The van der Waals surface area contributed by atoms with Crippen LogP contribution in [0.2, 0.25) is 0 Å². The summed E-state index contributed by atoms with van der Waals surface area (Å²) in [5.41, 5.74) is 4.20. The predicted molar refractivity (Wildman–Crippen MR) is 96.5 cm³/mol. The van der Waals surface area contributed by atoms with Gasteiger partial charge in [0.1, 0.15) is 0 Å². The molecule has 3 nitrogen and oxygen atoms in total. The fourth-order valence-electron chi connectivity index (χ4n) is 2.10. The lowest BCUT2D eigenvalue weighted by molar-refractivity contribution is 0.591. The number of benzene rings is 2. The molecule has 0 aromatic heterocycles. The Labute approximate surface area is 139 Å². The third-order valence-corrected chi connectivity index (χ3v) is 4.68. The monoisotopic (exact) mass is 329 g/mol. The Balaban J connectivity index is 1.98. The van der Waals surface area contributed by atoms with Crippen molar-refractivity contribution in [3.05, 3.63) is 76.2 Å². The first-order valence-corrected chi connectivity index (χ1v) is 9.23. The average Bonchev–Trinajstić information content (AvgIpc) is 2.53. The summed E-state index contributed by atoms with van der Waals surface area (Å²) in [6.07, 6.45) is 1.61. The lowest BCUT2D eigenvalue weighted by Crippen LogP contribution is -2.20. The summed E-state index contributed by atoms with van der Waals surface area (Å²) in [4.78, 5) is 0. The Hall–Kier alpha value is -1.91. The van der Waals surface area contributed by atoms with Gasteiger partial charge >= 0.3 is 0 Å². The van der Waals surface area contributed by atoms with Crippen molar-refractivity contribution in [2.24, 2.45) is 0 Å². The van der Waals surface area contributed by atoms with Gasteiger partial charge in [0.15, 0.2) is 0 Å². The van der Waals surface area contributed by atoms with Gasteiger partial charge in [-0.1, -0.05) is 67.9 Å². The van der Waals surface area contributed by atoms with Crippen molar-refractivity contribution < 1.29 is 8.42 Å². The van der Waals surface area contributed by atoms with E-state index in [0.717, 1.165) is 16.7 Å². The molecule has 0 aliphatic heterocycles. The largest absolute Gasteiger partial charge is 0.234 e. The smallest absolute Gasteiger partial charge is 0.208 e. The number of hydrogen-bond donors (Lipinski definition) is 1. The molecular formula is C19H23NO2S. The molecule has 0 saturated carbocycles. The van der Waals surface area contributed by atoms with Crippen LogP contribution >= 0.6 is 0 Å². The number of nitrogens with one attached hydrogen (secondary N) is 1. The minimum atomic E-state index is -3.45. The summed E-state index contributed by atoms with van der Waals surface area (Å²) in [7, 11) is -3.45. The maximum absolute atomic E-state index is 12.0. The fraction of sp³-hybridized carbons (Fsp3) is 0.263. The van der Waals surface area contributed by atoms with E-state index in [1.165, 1.54) is 11.0 Å². The molecule has 0 aliphatic carbocycles. The molecular weight excluding hydrogens is 306 g/mol. The molecule has 0 radical (unpaired) electrons. The van der Waals surface area contributed by atoms with Crippen LogP contribution in [0.1, 0.15) is 42.0 Å². The molecule has 0 amide bonds. The fourth-order valence-corrected chi connectivity index (χ4v) is 2.90. The van der Waals surface area contributed by atoms with Crippen LogP contribution < -0.4 is 4.72 Å². The van der Waals surface area contributed by atoms with Crippen molar-refractivity contribution in [3.63, 3.8) is 0 Å². The number of aryl methyl sites for hydroxylation is 1. The summed E-state index contributed by atoms with van der Waals surface area (Å²) in [6, 6.07) is 15.7. The van der Waals surface area contributed by atoms with E-state index in [-0.39, 0.29) is 0 Å². The van der Waals surface area contributed by atoms with Gasteiger partial charge in [-0.15, -0.1) is 0 Å². The molecule has 0 spiro atoms. The first kappa shape index (κ1) is 17.4. The lowest BCUT2D eigenvalue weighted by atomic mass is 10.0. The molecule has 0 saturated heterocycles. The van der Waals surface area contributed by atoms with Gasteiger partial charge in [0.25, 0.3) is 0 Å². The normalized spacial score (nSPS) is 12.2. The van der Waals surface area contributed by atoms with Crippen molar-refractivity contribution in [2.45, 2.75) is 33.2 Å². The van der Waals surface area contributed by atoms with Gasteiger partial charge in [0.2, 0.25) is 10.0 Å². The van der Waals surface area contributed by atoms with Crippen molar-refractivity contribution in [1.29, 1.82) is 0 Å². The molecule has 0 aliphatic rings. The molecule has 0 fully saturated rings. The summed E-state index contributed by atoms with van der Waals surface area (Å²) < 4.78 is 26.6. The molecule has 0 heterocycles. The van der Waals surface area contributed by atoms with Crippen LogP contribution in [0, 0.1) is 6.92 Å². The minimum Gasteiger partial charge on any atom is -0.208 e. The van der Waals surface area contributed by atoms with Gasteiger partial charge in [-0.05, 0) is 35.6 Å². The molecule has 0 atom stereocenters. The second kappa shape index (κ2) is 7.57. The van der Waals surface area contributed by atoms with Gasteiger partial charge in [0, 0.05) is 12.0 Å². The van der Waals surface area contributed by atoms with E-state index < -0.39 is 10.0 Å². The summed E-state index contributed by atoms with van der Waals surface area (Å²) >= 11 is 0. The highest BCUT2D eigenvalue weighted by Crippen LogP contribution is 2.15. The first-order valence-electron chi connectivity index (χ1n) is 7.69. The zero-order valence-electron chi connectivity index (χ0n) is 13.8. The van der Waals surface area contributed by atoms with Crippen LogP contribution in [-0.2, 0) is 16.6 Å². The van der Waals surface area contributed by atoms with Crippen LogP contribution in [0.15, 0.2) is 53.9 Å².